The van der Waals surface area contributed by atoms with E-state index >= 15 is 0 Å². The largest absolute Gasteiger partial charge is 0.354 e. The number of likely N-dealkylation sites (tertiary alicyclic amines) is 1. The number of aromatic nitrogens is 3. The molecule has 0 spiro atoms. The topological polar surface area (TPSA) is 66.0 Å². The molecule has 1 amide bonds. The van der Waals surface area contributed by atoms with E-state index in [2.05, 4.69) is 58.5 Å². The molecule has 4 rings (SSSR count). The van der Waals surface area contributed by atoms with Crippen LogP contribution in [-0.4, -0.2) is 45.2 Å². The molecule has 1 aliphatic heterocycles. The van der Waals surface area contributed by atoms with E-state index in [0.717, 1.165) is 24.5 Å². The molecule has 6 nitrogen and oxygen atoms in total. The van der Waals surface area contributed by atoms with Gasteiger partial charge >= 0.3 is 0 Å². The monoisotopic (exact) mass is 449 g/mol. The Bertz CT molecular complexity index is 1090. The van der Waals surface area contributed by atoms with Crippen LogP contribution in [0.3, 0.4) is 0 Å². The van der Waals surface area contributed by atoms with Crippen LogP contribution < -0.4 is 5.32 Å². The van der Waals surface area contributed by atoms with Crippen molar-refractivity contribution in [3.05, 3.63) is 70.0 Å². The Morgan fingerprint density at radius 2 is 1.69 bits per heavy atom. The van der Waals surface area contributed by atoms with Gasteiger partial charge in [-0.3, -0.25) is 19.4 Å². The van der Waals surface area contributed by atoms with Crippen molar-refractivity contribution in [2.45, 2.75) is 45.7 Å². The summed E-state index contributed by atoms with van der Waals surface area (Å²) in [6.45, 7) is 7.42. The summed E-state index contributed by atoms with van der Waals surface area (Å²) in [5.74, 6) is 0.789. The number of benzene rings is 2. The first-order valence-electron chi connectivity index (χ1n) is 11.3. The van der Waals surface area contributed by atoms with Crippen molar-refractivity contribution in [3.63, 3.8) is 0 Å². The van der Waals surface area contributed by atoms with Gasteiger partial charge in [0.15, 0.2) is 10.6 Å². The van der Waals surface area contributed by atoms with E-state index in [0.29, 0.717) is 24.3 Å². The highest BCUT2D eigenvalue weighted by Gasteiger charge is 2.24. The van der Waals surface area contributed by atoms with Crippen LogP contribution in [0.25, 0.3) is 11.4 Å². The highest BCUT2D eigenvalue weighted by atomic mass is 32.1. The molecule has 0 bridgehead atoms. The van der Waals surface area contributed by atoms with Gasteiger partial charge in [-0.25, -0.2) is 0 Å². The molecule has 0 saturated carbocycles. The summed E-state index contributed by atoms with van der Waals surface area (Å²) in [5, 5.41) is 10.4. The number of hydrogen-bond donors (Lipinski definition) is 2. The van der Waals surface area contributed by atoms with Crippen LogP contribution >= 0.6 is 12.2 Å². The van der Waals surface area contributed by atoms with Gasteiger partial charge in [0.25, 0.3) is 0 Å². The van der Waals surface area contributed by atoms with Gasteiger partial charge in [0, 0.05) is 25.1 Å². The molecule has 1 fully saturated rings. The second-order valence-electron chi connectivity index (χ2n) is 8.59. The number of H-pyrrole nitrogens is 1. The summed E-state index contributed by atoms with van der Waals surface area (Å²) in [5.41, 5.74) is 4.68. The smallest absolute Gasteiger partial charge is 0.221 e. The van der Waals surface area contributed by atoms with Gasteiger partial charge in [-0.05, 0) is 57.6 Å². The number of carbonyl (C=O) groups excluding carboxylic acids is 1. The number of hydrogen-bond acceptors (Lipinski definition) is 4. The molecule has 3 aromatic rings. The Labute approximate surface area is 194 Å². The third-order valence-electron chi connectivity index (χ3n) is 6.17. The average molecular weight is 450 g/mol. The molecule has 1 aliphatic rings. The number of carbonyl (C=O) groups is 1. The lowest BCUT2D eigenvalue weighted by molar-refractivity contribution is -0.121. The van der Waals surface area contributed by atoms with Gasteiger partial charge in [-0.15, -0.1) is 0 Å². The zero-order valence-electron chi connectivity index (χ0n) is 18.8. The van der Waals surface area contributed by atoms with Crippen LogP contribution in [0, 0.1) is 18.6 Å². The highest BCUT2D eigenvalue weighted by molar-refractivity contribution is 7.71. The molecule has 1 aromatic heterocycles. The molecule has 0 aliphatic carbocycles. The minimum atomic E-state index is 0.0271. The number of nitrogens with one attached hydrogen (secondary N) is 2. The molecule has 1 unspecified atom stereocenters. The quantitative estimate of drug-likeness (QED) is 0.495. The number of aromatic amines is 1. The highest BCUT2D eigenvalue weighted by Crippen LogP contribution is 2.25. The van der Waals surface area contributed by atoms with Crippen LogP contribution in [0.15, 0.2) is 48.5 Å². The first-order chi connectivity index (χ1) is 15.5. The summed E-state index contributed by atoms with van der Waals surface area (Å²) in [4.78, 5) is 15.2. The second kappa shape index (κ2) is 10.2. The van der Waals surface area contributed by atoms with Crippen molar-refractivity contribution < 1.29 is 4.79 Å². The fourth-order valence-corrected chi connectivity index (χ4v) is 4.48. The number of rotatable bonds is 8. The molecule has 2 N–H and O–H groups in total. The first-order valence-corrected chi connectivity index (χ1v) is 11.7. The molecule has 1 saturated heterocycles. The Balaban J connectivity index is 1.39. The van der Waals surface area contributed by atoms with E-state index in [1.807, 2.05) is 28.8 Å². The molecular weight excluding hydrogens is 418 g/mol. The zero-order valence-corrected chi connectivity index (χ0v) is 19.6. The van der Waals surface area contributed by atoms with E-state index in [4.69, 9.17) is 12.2 Å². The van der Waals surface area contributed by atoms with E-state index in [1.165, 1.54) is 29.5 Å². The Morgan fingerprint density at radius 1 is 1.06 bits per heavy atom. The van der Waals surface area contributed by atoms with Crippen LogP contribution in [0.1, 0.15) is 42.0 Å². The normalized spacial score (nSPS) is 15.1. The van der Waals surface area contributed by atoms with E-state index < -0.39 is 0 Å². The standard InChI is InChI=1S/C25H31N5OS/c1-18-5-9-20(10-6-18)22(29-14-3-4-15-29)17-26-23(31)13-16-30-24(27-28-25(30)32)21-11-7-19(2)8-12-21/h5-12,22H,3-4,13-17H2,1-2H3,(H,26,31)(H,28,32). The lowest BCUT2D eigenvalue weighted by Gasteiger charge is -2.28. The van der Waals surface area contributed by atoms with Gasteiger partial charge in [0.1, 0.15) is 0 Å². The summed E-state index contributed by atoms with van der Waals surface area (Å²) < 4.78 is 2.43. The van der Waals surface area contributed by atoms with Gasteiger partial charge < -0.3 is 5.32 Å². The molecule has 32 heavy (non-hydrogen) atoms. The van der Waals surface area contributed by atoms with Gasteiger partial charge in [0.2, 0.25) is 5.91 Å². The third-order valence-corrected chi connectivity index (χ3v) is 6.48. The summed E-state index contributed by atoms with van der Waals surface area (Å²) in [6.07, 6.45) is 2.79. The molecule has 2 heterocycles. The fraction of sp³-hybridized carbons (Fsp3) is 0.400. The summed E-state index contributed by atoms with van der Waals surface area (Å²) in [7, 11) is 0. The number of amides is 1. The minimum absolute atomic E-state index is 0.0271. The molecule has 0 radical (unpaired) electrons. The molecule has 7 heteroatoms. The predicted octanol–water partition coefficient (Wildman–Crippen LogP) is 4.57. The Kier molecular flexibility index (Phi) is 7.17. The maximum absolute atomic E-state index is 12.7. The van der Waals surface area contributed by atoms with Gasteiger partial charge in [-0.1, -0.05) is 59.7 Å². The third kappa shape index (κ3) is 5.34. The van der Waals surface area contributed by atoms with Crippen molar-refractivity contribution in [3.8, 4) is 11.4 Å². The minimum Gasteiger partial charge on any atom is -0.354 e. The van der Waals surface area contributed by atoms with Crippen LogP contribution in [-0.2, 0) is 11.3 Å². The average Bonchev–Trinajstić information content (AvgIpc) is 3.44. The SMILES string of the molecule is Cc1ccc(-c2n[nH]c(=S)n2CCC(=O)NCC(c2ccc(C)cc2)N2CCCC2)cc1. The number of aryl methyl sites for hydroxylation is 2. The van der Waals surface area contributed by atoms with Crippen molar-refractivity contribution >= 4 is 18.1 Å². The van der Waals surface area contributed by atoms with E-state index in [9.17, 15) is 4.79 Å². The Morgan fingerprint density at radius 3 is 2.34 bits per heavy atom. The maximum atomic E-state index is 12.7. The van der Waals surface area contributed by atoms with Crippen molar-refractivity contribution in [1.82, 2.24) is 25.0 Å². The summed E-state index contributed by atoms with van der Waals surface area (Å²) in [6, 6.07) is 17.0. The fourth-order valence-electron chi connectivity index (χ4n) is 4.26. The molecule has 2 aromatic carbocycles. The van der Waals surface area contributed by atoms with Crippen molar-refractivity contribution in [1.29, 1.82) is 0 Å². The molecule has 168 valence electrons. The second-order valence-corrected chi connectivity index (χ2v) is 8.98. The molecular formula is C25H31N5OS. The summed E-state index contributed by atoms with van der Waals surface area (Å²) >= 11 is 5.41. The van der Waals surface area contributed by atoms with Crippen LogP contribution in [0.5, 0.6) is 0 Å². The van der Waals surface area contributed by atoms with E-state index in [-0.39, 0.29) is 11.9 Å². The lowest BCUT2D eigenvalue weighted by Crippen LogP contribution is -2.37. The van der Waals surface area contributed by atoms with Gasteiger partial charge in [0.05, 0.1) is 6.04 Å². The first kappa shape index (κ1) is 22.4. The number of nitrogens with zero attached hydrogens (tertiary/aromatic N) is 3. The van der Waals surface area contributed by atoms with Crippen molar-refractivity contribution in [2.24, 2.45) is 0 Å². The van der Waals surface area contributed by atoms with E-state index in [1.54, 1.807) is 0 Å². The Hall–Kier alpha value is -2.77. The predicted molar refractivity (Wildman–Crippen MR) is 130 cm³/mol. The van der Waals surface area contributed by atoms with Crippen LogP contribution in [0.4, 0.5) is 0 Å². The zero-order chi connectivity index (χ0) is 22.5. The lowest BCUT2D eigenvalue weighted by atomic mass is 10.0. The van der Waals surface area contributed by atoms with Crippen LogP contribution in [0.2, 0.25) is 0 Å². The maximum Gasteiger partial charge on any atom is 0.221 e. The van der Waals surface area contributed by atoms with Crippen molar-refractivity contribution in [2.75, 3.05) is 19.6 Å². The molecule has 1 atom stereocenters. The van der Waals surface area contributed by atoms with Gasteiger partial charge in [-0.2, -0.15) is 5.10 Å².